The van der Waals surface area contributed by atoms with E-state index in [2.05, 4.69) is 39.8 Å². The zero-order valence-corrected chi connectivity index (χ0v) is 15.8. The van der Waals surface area contributed by atoms with Crippen LogP contribution in [0.3, 0.4) is 0 Å². The standard InChI is InChI=1S/C18H27NO2.C2H6/c1-6-18(20-12-19)21-16-9-7-15(8-10-16)17(14(4)5)11-13(2)3;1-2/h7-10,13-14,17-18H,6,11H2,1-5H3;1-2H3. The first kappa shape index (κ1) is 21.3. The maximum absolute atomic E-state index is 8.56. The fourth-order valence-electron chi connectivity index (χ4n) is 2.50. The van der Waals surface area contributed by atoms with Crippen molar-refractivity contribution in [2.24, 2.45) is 11.8 Å². The summed E-state index contributed by atoms with van der Waals surface area (Å²) in [6.45, 7) is 15.0. The van der Waals surface area contributed by atoms with Gasteiger partial charge in [-0.05, 0) is 41.9 Å². The second-order valence-electron chi connectivity index (χ2n) is 6.21. The van der Waals surface area contributed by atoms with Crippen LogP contribution in [0, 0.1) is 23.4 Å². The van der Waals surface area contributed by atoms with Gasteiger partial charge in [0.1, 0.15) is 5.75 Å². The van der Waals surface area contributed by atoms with Gasteiger partial charge in [0.15, 0.2) is 0 Å². The van der Waals surface area contributed by atoms with E-state index in [4.69, 9.17) is 14.7 Å². The van der Waals surface area contributed by atoms with Crippen LogP contribution in [0.25, 0.3) is 0 Å². The minimum atomic E-state index is -0.502. The molecule has 1 aromatic carbocycles. The summed E-state index contributed by atoms with van der Waals surface area (Å²) in [5, 5.41) is 8.56. The topological polar surface area (TPSA) is 42.2 Å². The molecule has 23 heavy (non-hydrogen) atoms. The van der Waals surface area contributed by atoms with Gasteiger partial charge < -0.3 is 9.47 Å². The van der Waals surface area contributed by atoms with E-state index in [1.54, 1.807) is 6.26 Å². The highest BCUT2D eigenvalue weighted by Crippen LogP contribution is 2.32. The maximum Gasteiger partial charge on any atom is 0.289 e. The number of nitrogens with zero attached hydrogens (tertiary/aromatic N) is 1. The molecule has 1 rings (SSSR count). The predicted molar refractivity (Wildman–Crippen MR) is 96.2 cm³/mol. The van der Waals surface area contributed by atoms with Gasteiger partial charge in [0.25, 0.3) is 12.5 Å². The summed E-state index contributed by atoms with van der Waals surface area (Å²) in [6.07, 6.45) is 3.00. The lowest BCUT2D eigenvalue weighted by Gasteiger charge is -2.24. The fourth-order valence-corrected chi connectivity index (χ4v) is 2.50. The number of benzene rings is 1. The predicted octanol–water partition coefficient (Wildman–Crippen LogP) is 6.11. The highest BCUT2D eigenvalue weighted by molar-refractivity contribution is 5.30. The lowest BCUT2D eigenvalue weighted by Crippen LogP contribution is -2.17. The van der Waals surface area contributed by atoms with Crippen molar-refractivity contribution in [3.05, 3.63) is 29.8 Å². The molecule has 0 saturated carbocycles. The first-order valence-electron chi connectivity index (χ1n) is 8.79. The molecule has 0 aliphatic heterocycles. The van der Waals surface area contributed by atoms with Gasteiger partial charge in [-0.3, -0.25) is 0 Å². The van der Waals surface area contributed by atoms with Crippen LogP contribution < -0.4 is 4.74 Å². The zero-order valence-electron chi connectivity index (χ0n) is 15.8. The third kappa shape index (κ3) is 7.93. The Balaban J connectivity index is 0.00000232. The fraction of sp³-hybridized carbons (Fsp3) is 0.650. The summed E-state index contributed by atoms with van der Waals surface area (Å²) in [4.78, 5) is 0. The first-order chi connectivity index (χ1) is 11.0. The molecule has 0 spiro atoms. The molecule has 0 amide bonds. The molecule has 0 fully saturated rings. The van der Waals surface area contributed by atoms with E-state index < -0.39 is 6.29 Å². The van der Waals surface area contributed by atoms with Gasteiger partial charge >= 0.3 is 0 Å². The van der Waals surface area contributed by atoms with Gasteiger partial charge in [-0.2, -0.15) is 5.26 Å². The van der Waals surface area contributed by atoms with Crippen LogP contribution in [0.1, 0.15) is 72.8 Å². The summed E-state index contributed by atoms with van der Waals surface area (Å²) < 4.78 is 10.5. The van der Waals surface area contributed by atoms with Crippen molar-refractivity contribution in [2.75, 3.05) is 0 Å². The Morgan fingerprint density at radius 1 is 1.04 bits per heavy atom. The van der Waals surface area contributed by atoms with Crippen molar-refractivity contribution < 1.29 is 9.47 Å². The smallest absolute Gasteiger partial charge is 0.289 e. The van der Waals surface area contributed by atoms with Crippen LogP contribution >= 0.6 is 0 Å². The van der Waals surface area contributed by atoms with E-state index in [9.17, 15) is 0 Å². The van der Waals surface area contributed by atoms with Crippen molar-refractivity contribution >= 4 is 0 Å². The average Bonchev–Trinajstić information content (AvgIpc) is 2.54. The summed E-state index contributed by atoms with van der Waals surface area (Å²) >= 11 is 0. The Hall–Kier alpha value is -1.69. The monoisotopic (exact) mass is 319 g/mol. The van der Waals surface area contributed by atoms with Crippen LogP contribution in [0.2, 0.25) is 0 Å². The number of hydrogen-bond donors (Lipinski definition) is 0. The lowest BCUT2D eigenvalue weighted by atomic mass is 9.82. The largest absolute Gasteiger partial charge is 0.454 e. The molecule has 0 saturated heterocycles. The molecule has 3 nitrogen and oxygen atoms in total. The molecule has 0 aromatic heterocycles. The first-order valence-corrected chi connectivity index (χ1v) is 8.79. The molecule has 3 heteroatoms. The van der Waals surface area contributed by atoms with E-state index >= 15 is 0 Å². The van der Waals surface area contributed by atoms with Crippen molar-refractivity contribution in [1.29, 1.82) is 5.26 Å². The van der Waals surface area contributed by atoms with Crippen LogP contribution in [0.5, 0.6) is 5.75 Å². The summed E-state index contributed by atoms with van der Waals surface area (Å²) in [6, 6.07) is 8.19. The number of nitriles is 1. The third-order valence-electron chi connectivity index (χ3n) is 3.62. The summed E-state index contributed by atoms with van der Waals surface area (Å²) in [7, 11) is 0. The Morgan fingerprint density at radius 3 is 2.00 bits per heavy atom. The molecule has 0 heterocycles. The molecular formula is C20H33NO2. The van der Waals surface area contributed by atoms with Gasteiger partial charge in [0.2, 0.25) is 0 Å². The van der Waals surface area contributed by atoms with E-state index in [1.165, 1.54) is 12.0 Å². The lowest BCUT2D eigenvalue weighted by molar-refractivity contribution is -0.0218. The molecule has 2 atom stereocenters. The SMILES string of the molecule is CC.CCC(OC#N)Oc1ccc(C(CC(C)C)C(C)C)cc1. The average molecular weight is 319 g/mol. The van der Waals surface area contributed by atoms with Crippen molar-refractivity contribution in [3.63, 3.8) is 0 Å². The van der Waals surface area contributed by atoms with Gasteiger partial charge in [0, 0.05) is 6.42 Å². The van der Waals surface area contributed by atoms with E-state index in [-0.39, 0.29) is 0 Å². The van der Waals surface area contributed by atoms with Crippen LogP contribution in [0.15, 0.2) is 24.3 Å². The van der Waals surface area contributed by atoms with Gasteiger partial charge in [-0.15, -0.1) is 0 Å². The molecule has 1 aromatic rings. The zero-order chi connectivity index (χ0) is 17.8. The number of rotatable bonds is 8. The Kier molecular flexibility index (Phi) is 11.0. The number of hydrogen-bond acceptors (Lipinski definition) is 3. The quantitative estimate of drug-likeness (QED) is 0.429. The molecule has 0 aliphatic rings. The van der Waals surface area contributed by atoms with E-state index in [0.717, 1.165) is 5.75 Å². The maximum atomic E-state index is 8.56. The number of ether oxygens (including phenoxy) is 2. The van der Waals surface area contributed by atoms with E-state index in [0.29, 0.717) is 24.2 Å². The molecule has 0 radical (unpaired) electrons. The van der Waals surface area contributed by atoms with Crippen molar-refractivity contribution in [1.82, 2.24) is 0 Å². The third-order valence-corrected chi connectivity index (χ3v) is 3.62. The van der Waals surface area contributed by atoms with Crippen LogP contribution in [-0.4, -0.2) is 6.29 Å². The highest BCUT2D eigenvalue weighted by atomic mass is 16.7. The van der Waals surface area contributed by atoms with Crippen molar-refractivity contribution in [3.8, 4) is 12.0 Å². The Labute approximate surface area is 142 Å². The normalized spacial score (nSPS) is 12.9. The Bertz CT molecular complexity index is 446. The van der Waals surface area contributed by atoms with Crippen LogP contribution in [-0.2, 0) is 4.74 Å². The van der Waals surface area contributed by atoms with Crippen LogP contribution in [0.4, 0.5) is 0 Å². The second kappa shape index (κ2) is 11.8. The Morgan fingerprint density at radius 2 is 1.61 bits per heavy atom. The minimum absolute atomic E-state index is 0.502. The molecule has 0 N–H and O–H groups in total. The van der Waals surface area contributed by atoms with E-state index in [1.807, 2.05) is 32.9 Å². The molecule has 130 valence electrons. The molecule has 2 unspecified atom stereocenters. The molecule has 0 bridgehead atoms. The molecule has 0 aliphatic carbocycles. The van der Waals surface area contributed by atoms with Crippen molar-refractivity contribution in [2.45, 2.75) is 73.5 Å². The highest BCUT2D eigenvalue weighted by Gasteiger charge is 2.17. The summed E-state index contributed by atoms with van der Waals surface area (Å²) in [5.74, 6) is 2.61. The van der Waals surface area contributed by atoms with Gasteiger partial charge in [-0.1, -0.05) is 60.6 Å². The van der Waals surface area contributed by atoms with Gasteiger partial charge in [-0.25, -0.2) is 0 Å². The van der Waals surface area contributed by atoms with Gasteiger partial charge in [0.05, 0.1) is 0 Å². The minimum Gasteiger partial charge on any atom is -0.454 e. The summed E-state index contributed by atoms with van der Waals surface area (Å²) in [5.41, 5.74) is 1.35. The second-order valence-corrected chi connectivity index (χ2v) is 6.21. The molecular weight excluding hydrogens is 286 g/mol.